The second kappa shape index (κ2) is 8.72. The van der Waals surface area contributed by atoms with Crippen LogP contribution in [0.25, 0.3) is 0 Å². The van der Waals surface area contributed by atoms with E-state index in [2.05, 4.69) is 4.72 Å². The second-order valence-electron chi connectivity index (χ2n) is 5.57. The molecule has 0 aliphatic heterocycles. The molecular formula is C14H15B2Cl2NO7S. The molecule has 0 spiro atoms. The first-order valence-electron chi connectivity index (χ1n) is 7.44. The van der Waals surface area contributed by atoms with Crippen molar-refractivity contribution in [2.45, 2.75) is 9.79 Å². The van der Waals surface area contributed by atoms with Crippen molar-refractivity contribution >= 4 is 64.5 Å². The number of carboxylic acid groups (broad SMARTS) is 1. The summed E-state index contributed by atoms with van der Waals surface area (Å²) in [5.74, 6) is -1.29. The van der Waals surface area contributed by atoms with Gasteiger partial charge in [-0.2, -0.15) is 0 Å². The molecule has 8 nitrogen and oxygen atoms in total. The second-order valence-corrected chi connectivity index (χ2v) is 9.01. The number of benzene rings is 2. The number of aliphatic carboxylic acids is 1. The molecule has 0 aliphatic carbocycles. The third kappa shape index (κ3) is 5.31. The highest BCUT2D eigenvalue weighted by molar-refractivity contribution is 8.01. The third-order valence-corrected chi connectivity index (χ3v) is 6.60. The van der Waals surface area contributed by atoms with E-state index in [0.29, 0.717) is 0 Å². The lowest BCUT2D eigenvalue weighted by molar-refractivity contribution is -0.135. The summed E-state index contributed by atoms with van der Waals surface area (Å²) in [4.78, 5) is 11.0. The topological polar surface area (TPSA) is 147 Å². The van der Waals surface area contributed by atoms with E-state index in [0.717, 1.165) is 0 Å². The van der Waals surface area contributed by atoms with Gasteiger partial charge in [0.1, 0.15) is 6.54 Å². The van der Waals surface area contributed by atoms with Crippen LogP contribution in [0.1, 0.15) is 0 Å². The molecule has 0 atom stereocenters. The van der Waals surface area contributed by atoms with Crippen LogP contribution in [0.5, 0.6) is 0 Å². The molecule has 0 amide bonds. The van der Waals surface area contributed by atoms with Gasteiger partial charge in [-0.05, 0) is 57.4 Å². The number of hydrogen-bond acceptors (Lipinski definition) is 6. The molecule has 6 N–H and O–H groups in total. The first-order chi connectivity index (χ1) is 12.5. The Morgan fingerprint density at radius 2 is 1.30 bits per heavy atom. The van der Waals surface area contributed by atoms with Gasteiger partial charge in [-0.3, -0.25) is 9.00 Å². The molecule has 2 aromatic carbocycles. The third-order valence-electron chi connectivity index (χ3n) is 3.59. The van der Waals surface area contributed by atoms with Gasteiger partial charge in [0.2, 0.25) is 0 Å². The zero-order valence-corrected chi connectivity index (χ0v) is 16.0. The molecular weight excluding hydrogens is 419 g/mol. The summed E-state index contributed by atoms with van der Waals surface area (Å²) < 4.78 is 16.2. The molecule has 2 aromatic rings. The Kier molecular flexibility index (Phi) is 7.06. The fourth-order valence-electron chi connectivity index (χ4n) is 2.36. The van der Waals surface area contributed by atoms with E-state index < -0.39 is 36.9 Å². The molecule has 0 saturated heterocycles. The predicted molar refractivity (Wildman–Crippen MR) is 104 cm³/mol. The zero-order chi connectivity index (χ0) is 20.4. The fourth-order valence-corrected chi connectivity index (χ4v) is 5.33. The van der Waals surface area contributed by atoms with Crippen LogP contribution in [0.3, 0.4) is 0 Å². The molecule has 0 aromatic heterocycles. The number of carboxylic acids is 1. The van der Waals surface area contributed by atoms with Gasteiger partial charge < -0.3 is 25.2 Å². The molecule has 144 valence electrons. The maximum absolute atomic E-state index is 13.8. The predicted octanol–water partition coefficient (Wildman–Crippen LogP) is -1.62. The Bertz CT molecular complexity index is 852. The van der Waals surface area contributed by atoms with Gasteiger partial charge in [0.15, 0.2) is 0 Å². The Hall–Kier alpha value is -1.43. The molecule has 0 unspecified atom stereocenters. The van der Waals surface area contributed by atoms with Gasteiger partial charge in [-0.15, -0.1) is 0 Å². The van der Waals surface area contributed by atoms with E-state index >= 15 is 0 Å². The maximum atomic E-state index is 13.8. The van der Waals surface area contributed by atoms with Crippen LogP contribution in [-0.2, 0) is 14.9 Å². The first-order valence-corrected chi connectivity index (χ1v) is 9.90. The highest BCUT2D eigenvalue weighted by atomic mass is 35.5. The number of carbonyl (C=O) groups is 1. The van der Waals surface area contributed by atoms with Crippen molar-refractivity contribution in [1.82, 2.24) is 4.72 Å². The molecule has 0 radical (unpaired) electrons. The number of rotatable bonds is 7. The van der Waals surface area contributed by atoms with Gasteiger partial charge >= 0.3 is 20.2 Å². The quantitative estimate of drug-likeness (QED) is 0.205. The standard InChI is InChI=1S/C14H15B2Cl2NO7S/c17-10-1-8(15(22)23)3-12(5-10)27(26,19-7-14(20)21)13-4-9(16(24)25)2-11(18)6-13/h1-6,22-25,27H,7H2,(H,19,26)(H,20,21). The molecule has 27 heavy (non-hydrogen) atoms. The van der Waals surface area contributed by atoms with Crippen molar-refractivity contribution in [2.24, 2.45) is 0 Å². The lowest BCUT2D eigenvalue weighted by atomic mass is 9.80. The van der Waals surface area contributed by atoms with Crippen molar-refractivity contribution in [1.29, 1.82) is 0 Å². The average molecular weight is 434 g/mol. The van der Waals surface area contributed by atoms with Crippen LogP contribution >= 0.6 is 23.2 Å². The largest absolute Gasteiger partial charge is 0.488 e. The Balaban J connectivity index is 2.71. The molecule has 13 heteroatoms. The SMILES string of the molecule is O=C(O)CN[SH](=O)(c1cc(Cl)cc(B(O)O)c1)c1cc(Cl)cc(B(O)O)c1. The minimum absolute atomic E-state index is 0.0139. The van der Waals surface area contributed by atoms with Crippen molar-refractivity contribution in [3.63, 3.8) is 0 Å². The van der Waals surface area contributed by atoms with Crippen molar-refractivity contribution < 1.29 is 34.2 Å². The number of nitrogens with one attached hydrogen (secondary N) is 1. The lowest BCUT2D eigenvalue weighted by Crippen LogP contribution is -2.39. The number of hydrogen-bond donors (Lipinski definition) is 7. The maximum Gasteiger partial charge on any atom is 0.488 e. The summed E-state index contributed by atoms with van der Waals surface area (Å²) in [6, 6.07) is 7.44. The Labute approximate surface area is 166 Å². The normalized spacial score (nSPS) is 11.9. The molecule has 0 fully saturated rings. The molecule has 0 bridgehead atoms. The minimum Gasteiger partial charge on any atom is -0.480 e. The van der Waals surface area contributed by atoms with E-state index in [-0.39, 0.29) is 30.8 Å². The summed E-state index contributed by atoms with van der Waals surface area (Å²) in [5.41, 5.74) is -0.112. The number of halogens is 2. The van der Waals surface area contributed by atoms with Gasteiger partial charge in [-0.25, -0.2) is 4.72 Å². The van der Waals surface area contributed by atoms with E-state index in [1.807, 2.05) is 0 Å². The van der Waals surface area contributed by atoms with E-state index in [1.54, 1.807) is 0 Å². The van der Waals surface area contributed by atoms with Gasteiger partial charge in [0, 0.05) is 19.8 Å². The monoisotopic (exact) mass is 433 g/mol. The lowest BCUT2D eigenvalue weighted by Gasteiger charge is -2.27. The van der Waals surface area contributed by atoms with Crippen molar-refractivity contribution in [3.8, 4) is 0 Å². The summed E-state index contributed by atoms with van der Waals surface area (Å²) in [7, 11) is -7.71. The highest BCUT2D eigenvalue weighted by Crippen LogP contribution is 2.29. The number of thiol groups is 1. The average Bonchev–Trinajstić information content (AvgIpc) is 2.58. The zero-order valence-electron chi connectivity index (χ0n) is 13.6. The summed E-state index contributed by atoms with van der Waals surface area (Å²) in [5, 5.41) is 46.6. The molecule has 0 heterocycles. The van der Waals surface area contributed by atoms with Crippen molar-refractivity contribution in [2.75, 3.05) is 6.54 Å². The van der Waals surface area contributed by atoms with Crippen molar-refractivity contribution in [3.05, 3.63) is 46.4 Å². The van der Waals surface area contributed by atoms with E-state index in [4.69, 9.17) is 28.3 Å². The van der Waals surface area contributed by atoms with Gasteiger partial charge in [0.25, 0.3) is 0 Å². The van der Waals surface area contributed by atoms with Crippen LogP contribution in [0.2, 0.25) is 10.0 Å². The molecule has 0 aliphatic rings. The first kappa shape index (κ1) is 21.9. The Morgan fingerprint density at radius 3 is 1.63 bits per heavy atom. The van der Waals surface area contributed by atoms with Gasteiger partial charge in [0.05, 0.1) is 0 Å². The van der Waals surface area contributed by atoms with Crippen LogP contribution in [0, 0.1) is 0 Å². The molecule has 0 saturated carbocycles. The van der Waals surface area contributed by atoms with E-state index in [1.165, 1.54) is 36.4 Å². The van der Waals surface area contributed by atoms with Crippen LogP contribution in [-0.4, -0.2) is 56.2 Å². The fraction of sp³-hybridized carbons (Fsp3) is 0.0714. The van der Waals surface area contributed by atoms with Crippen LogP contribution < -0.4 is 15.6 Å². The summed E-state index contributed by atoms with van der Waals surface area (Å²) in [6.07, 6.45) is 0. The van der Waals surface area contributed by atoms with E-state index in [9.17, 15) is 29.1 Å². The van der Waals surface area contributed by atoms with Crippen LogP contribution in [0.15, 0.2) is 46.2 Å². The highest BCUT2D eigenvalue weighted by Gasteiger charge is 2.26. The molecule has 2 rings (SSSR count). The minimum atomic E-state index is -3.91. The summed E-state index contributed by atoms with van der Waals surface area (Å²) >= 11 is 11.9. The van der Waals surface area contributed by atoms with Crippen LogP contribution in [0.4, 0.5) is 0 Å². The Morgan fingerprint density at radius 1 is 0.889 bits per heavy atom. The summed E-state index contributed by atoms with van der Waals surface area (Å²) in [6.45, 7) is -0.690. The smallest absolute Gasteiger partial charge is 0.480 e. The van der Waals surface area contributed by atoms with Gasteiger partial charge in [-0.1, -0.05) is 23.2 Å².